The van der Waals surface area contributed by atoms with Gasteiger partial charge in [-0.2, -0.15) is 0 Å². The Morgan fingerprint density at radius 3 is 2.75 bits per heavy atom. The van der Waals surface area contributed by atoms with Gasteiger partial charge in [0.05, 0.1) is 12.2 Å². The number of rotatable bonds is 5. The van der Waals surface area contributed by atoms with Crippen molar-refractivity contribution in [1.82, 2.24) is 9.97 Å². The summed E-state index contributed by atoms with van der Waals surface area (Å²) >= 11 is 0. The Kier molecular flexibility index (Phi) is 5.25. The van der Waals surface area contributed by atoms with Crippen molar-refractivity contribution in [2.24, 2.45) is 0 Å². The largest absolute Gasteiger partial charge is 0.482 e. The molecule has 1 aliphatic heterocycles. The average Bonchev–Trinajstić information content (AvgIpc) is 2.81. The zero-order chi connectivity index (χ0) is 21.9. The Morgan fingerprint density at radius 2 is 1.91 bits per heavy atom. The molecule has 5 rings (SSSR count). The van der Waals surface area contributed by atoms with Crippen LogP contribution in [0.4, 0.5) is 17.2 Å². The maximum atomic E-state index is 12.7. The molecular weight excluding hydrogens is 400 g/mol. The van der Waals surface area contributed by atoms with E-state index in [1.165, 1.54) is 5.56 Å². The molecule has 0 bridgehead atoms. The predicted octanol–water partition coefficient (Wildman–Crippen LogP) is 5.12. The van der Waals surface area contributed by atoms with Crippen LogP contribution >= 0.6 is 0 Å². The zero-order valence-electron chi connectivity index (χ0n) is 17.7. The fraction of sp³-hybridized carbons (Fsp3) is 0.115. The van der Waals surface area contributed by atoms with Crippen LogP contribution in [0.15, 0.2) is 85.3 Å². The highest BCUT2D eigenvalue weighted by molar-refractivity contribution is 5.98. The summed E-state index contributed by atoms with van der Waals surface area (Å²) in [4.78, 5) is 23.0. The summed E-state index contributed by atoms with van der Waals surface area (Å²) < 4.78 is 5.68. The third-order valence-corrected chi connectivity index (χ3v) is 5.35. The first-order valence-electron chi connectivity index (χ1n) is 10.4. The first-order chi connectivity index (χ1) is 15.7. The van der Waals surface area contributed by atoms with Crippen molar-refractivity contribution < 1.29 is 9.53 Å². The Morgan fingerprint density at radius 1 is 1.00 bits per heavy atom. The maximum Gasteiger partial charge on any atom is 0.265 e. The smallest absolute Gasteiger partial charge is 0.265 e. The lowest BCUT2D eigenvalue weighted by Gasteiger charge is -2.30. The lowest BCUT2D eigenvalue weighted by molar-refractivity contribution is -0.121. The SMILES string of the molecule is Cc1cccc(Nc2cc(-c3ccc4c(c3)N(Cc3cccnc3)C(=O)CO4)ccn2)c1. The highest BCUT2D eigenvalue weighted by atomic mass is 16.5. The number of nitrogens with zero attached hydrogens (tertiary/aromatic N) is 3. The topological polar surface area (TPSA) is 67.4 Å². The number of aromatic nitrogens is 2. The first kappa shape index (κ1) is 19.8. The number of ether oxygens (including phenoxy) is 1. The molecule has 0 fully saturated rings. The molecule has 1 aliphatic rings. The minimum atomic E-state index is -0.0740. The predicted molar refractivity (Wildman–Crippen MR) is 125 cm³/mol. The van der Waals surface area contributed by atoms with Gasteiger partial charge in [-0.05, 0) is 71.6 Å². The number of carbonyl (C=O) groups is 1. The molecule has 1 N–H and O–H groups in total. The number of pyridine rings is 2. The van der Waals surface area contributed by atoms with Crippen LogP contribution in [0.3, 0.4) is 0 Å². The third-order valence-electron chi connectivity index (χ3n) is 5.35. The number of hydrogen-bond acceptors (Lipinski definition) is 5. The van der Waals surface area contributed by atoms with Crippen LogP contribution in [-0.4, -0.2) is 22.5 Å². The van der Waals surface area contributed by atoms with Crippen molar-refractivity contribution in [3.63, 3.8) is 0 Å². The average molecular weight is 422 g/mol. The second-order valence-electron chi connectivity index (χ2n) is 7.74. The van der Waals surface area contributed by atoms with Gasteiger partial charge in [-0.1, -0.05) is 24.3 Å². The number of anilines is 3. The summed E-state index contributed by atoms with van der Waals surface area (Å²) in [5, 5.41) is 3.36. The highest BCUT2D eigenvalue weighted by Gasteiger charge is 2.26. The van der Waals surface area contributed by atoms with Crippen LogP contribution < -0.4 is 15.0 Å². The van der Waals surface area contributed by atoms with Gasteiger partial charge in [0.1, 0.15) is 11.6 Å². The van der Waals surface area contributed by atoms with Gasteiger partial charge in [0, 0.05) is 24.3 Å². The van der Waals surface area contributed by atoms with Gasteiger partial charge in [-0.3, -0.25) is 9.78 Å². The molecule has 0 aliphatic carbocycles. The van der Waals surface area contributed by atoms with E-state index in [4.69, 9.17) is 4.74 Å². The number of fused-ring (bicyclic) bond motifs is 1. The standard InChI is InChI=1S/C26H22N4O2/c1-18-4-2-6-22(12-18)29-25-14-21(9-11-28-25)20-7-8-24-23(13-20)30(26(31)17-32-24)16-19-5-3-10-27-15-19/h2-15H,16-17H2,1H3,(H,28,29). The second-order valence-corrected chi connectivity index (χ2v) is 7.74. The molecule has 6 heteroatoms. The van der Waals surface area contributed by atoms with Crippen molar-refractivity contribution in [2.75, 3.05) is 16.8 Å². The van der Waals surface area contributed by atoms with Gasteiger partial charge in [-0.25, -0.2) is 4.98 Å². The lowest BCUT2D eigenvalue weighted by atomic mass is 10.0. The molecule has 0 saturated heterocycles. The normalized spacial score (nSPS) is 12.8. The number of hydrogen-bond donors (Lipinski definition) is 1. The Hall–Kier alpha value is -4.19. The zero-order valence-corrected chi connectivity index (χ0v) is 17.7. The number of carbonyl (C=O) groups excluding carboxylic acids is 1. The Balaban J connectivity index is 1.46. The van der Waals surface area contributed by atoms with Crippen molar-refractivity contribution in [3.8, 4) is 16.9 Å². The molecule has 1 amide bonds. The molecule has 6 nitrogen and oxygen atoms in total. The summed E-state index contributed by atoms with van der Waals surface area (Å²) in [6.07, 6.45) is 5.28. The van der Waals surface area contributed by atoms with Gasteiger partial charge in [0.15, 0.2) is 6.61 Å². The summed E-state index contributed by atoms with van der Waals surface area (Å²) in [5.41, 5.74) is 5.87. The molecule has 2 aromatic heterocycles. The molecule has 2 aromatic carbocycles. The van der Waals surface area contributed by atoms with Crippen LogP contribution in [0.1, 0.15) is 11.1 Å². The summed E-state index contributed by atoms with van der Waals surface area (Å²) in [6, 6.07) is 21.9. The van der Waals surface area contributed by atoms with Gasteiger partial charge < -0.3 is 15.0 Å². The fourth-order valence-electron chi connectivity index (χ4n) is 3.78. The monoisotopic (exact) mass is 422 g/mol. The molecule has 0 spiro atoms. The minimum absolute atomic E-state index is 0.0342. The van der Waals surface area contributed by atoms with E-state index in [1.54, 1.807) is 23.5 Å². The molecule has 3 heterocycles. The Labute approximate surface area is 186 Å². The van der Waals surface area contributed by atoms with E-state index < -0.39 is 0 Å². The first-order valence-corrected chi connectivity index (χ1v) is 10.4. The van der Waals surface area contributed by atoms with E-state index in [2.05, 4.69) is 34.3 Å². The third kappa shape index (κ3) is 4.16. The molecule has 0 saturated carbocycles. The van der Waals surface area contributed by atoms with Gasteiger partial charge >= 0.3 is 0 Å². The van der Waals surface area contributed by atoms with E-state index >= 15 is 0 Å². The van der Waals surface area contributed by atoms with Crippen molar-refractivity contribution in [3.05, 3.63) is 96.4 Å². The van der Waals surface area contributed by atoms with Gasteiger partial charge in [0.25, 0.3) is 5.91 Å². The van der Waals surface area contributed by atoms with Crippen LogP contribution in [0, 0.1) is 6.92 Å². The molecule has 4 aromatic rings. The van der Waals surface area contributed by atoms with E-state index in [0.717, 1.165) is 33.9 Å². The van der Waals surface area contributed by atoms with E-state index in [0.29, 0.717) is 12.3 Å². The minimum Gasteiger partial charge on any atom is -0.482 e. The second kappa shape index (κ2) is 8.51. The van der Waals surface area contributed by atoms with E-state index in [9.17, 15) is 4.79 Å². The number of aryl methyl sites for hydroxylation is 1. The number of nitrogens with one attached hydrogen (secondary N) is 1. The van der Waals surface area contributed by atoms with Crippen molar-refractivity contribution >= 4 is 23.1 Å². The van der Waals surface area contributed by atoms with Crippen LogP contribution in [0.25, 0.3) is 11.1 Å². The summed E-state index contributed by atoms with van der Waals surface area (Å²) in [5.74, 6) is 1.38. The maximum absolute atomic E-state index is 12.7. The quantitative estimate of drug-likeness (QED) is 0.483. The molecule has 0 radical (unpaired) electrons. The number of benzene rings is 2. The lowest BCUT2D eigenvalue weighted by Crippen LogP contribution is -2.38. The van der Waals surface area contributed by atoms with Crippen LogP contribution in [-0.2, 0) is 11.3 Å². The highest BCUT2D eigenvalue weighted by Crippen LogP contribution is 2.37. The molecule has 158 valence electrons. The van der Waals surface area contributed by atoms with Crippen LogP contribution in [0.2, 0.25) is 0 Å². The van der Waals surface area contributed by atoms with Crippen molar-refractivity contribution in [2.45, 2.75) is 13.5 Å². The molecule has 0 atom stereocenters. The van der Waals surface area contributed by atoms with Crippen molar-refractivity contribution in [1.29, 1.82) is 0 Å². The Bertz CT molecular complexity index is 1270. The van der Waals surface area contributed by atoms with Gasteiger partial charge in [0.2, 0.25) is 0 Å². The van der Waals surface area contributed by atoms with E-state index in [1.807, 2.05) is 54.6 Å². The molecular formula is C26H22N4O2. The summed E-state index contributed by atoms with van der Waals surface area (Å²) in [6.45, 7) is 2.54. The molecule has 0 unspecified atom stereocenters. The number of amides is 1. The van der Waals surface area contributed by atoms with Crippen LogP contribution in [0.5, 0.6) is 5.75 Å². The van der Waals surface area contributed by atoms with Gasteiger partial charge in [-0.15, -0.1) is 0 Å². The fourth-order valence-corrected chi connectivity index (χ4v) is 3.78. The molecule has 32 heavy (non-hydrogen) atoms. The van der Waals surface area contributed by atoms with E-state index in [-0.39, 0.29) is 12.5 Å². The summed E-state index contributed by atoms with van der Waals surface area (Å²) in [7, 11) is 0.